The monoisotopic (exact) mass is 898 g/mol. The third-order valence-electron chi connectivity index (χ3n) is 5.12. The van der Waals surface area contributed by atoms with Crippen LogP contribution < -0.4 is 0 Å². The molecule has 41 heavy (non-hydrogen) atoms. The van der Waals surface area contributed by atoms with Crippen molar-refractivity contribution in [3.05, 3.63) is 23.7 Å². The first kappa shape index (κ1) is 36.5. The lowest BCUT2D eigenvalue weighted by atomic mass is 9.87. The van der Waals surface area contributed by atoms with E-state index in [0.29, 0.717) is 0 Å². The van der Waals surface area contributed by atoms with Crippen molar-refractivity contribution in [1.82, 2.24) is 9.97 Å². The Morgan fingerprint density at radius 2 is 0.732 bits per heavy atom. The van der Waals surface area contributed by atoms with Gasteiger partial charge in [-0.25, -0.2) is 4.98 Å². The summed E-state index contributed by atoms with van der Waals surface area (Å²) in [6.45, 7) is 0. The number of halogens is 23. The molecule has 0 aliphatic rings. The minimum absolute atomic E-state index is 0.127. The quantitative estimate of drug-likeness (QED) is 0.160. The van der Waals surface area contributed by atoms with Crippen LogP contribution in [0.4, 0.5) is 83.4 Å². The molecular weight excluding hydrogens is 901 g/mol. The van der Waals surface area contributed by atoms with E-state index in [-0.39, 0.29) is 8.95 Å². The van der Waals surface area contributed by atoms with Gasteiger partial charge in [0, 0.05) is 8.95 Å². The maximum Gasteiger partial charge on any atom is 0.460 e. The van der Waals surface area contributed by atoms with Gasteiger partial charge in [-0.2, -0.15) is 83.4 Å². The maximum absolute atomic E-state index is 14.6. The fourth-order valence-electron chi connectivity index (χ4n) is 2.76. The Hall–Kier alpha value is -0.720. The van der Waals surface area contributed by atoms with Gasteiger partial charge in [0.2, 0.25) is 0 Å². The number of imidazole rings is 1. The number of H-pyrrole nitrogens is 1. The van der Waals surface area contributed by atoms with Crippen molar-refractivity contribution < 1.29 is 83.4 Å². The van der Waals surface area contributed by atoms with Crippen LogP contribution in [0.5, 0.6) is 0 Å². The predicted octanol–water partition coefficient (Wildman–Crippen LogP) is 10.7. The van der Waals surface area contributed by atoms with E-state index in [1.54, 1.807) is 0 Å². The molecule has 2 rings (SSSR count). The van der Waals surface area contributed by atoms with Crippen LogP contribution in [0, 0.1) is 0 Å². The van der Waals surface area contributed by atoms with E-state index in [9.17, 15) is 83.4 Å². The molecule has 0 aliphatic heterocycles. The van der Waals surface area contributed by atoms with Gasteiger partial charge in [-0.1, -0.05) is 0 Å². The molecule has 25 heteroatoms. The maximum atomic E-state index is 14.6. The van der Waals surface area contributed by atoms with Crippen molar-refractivity contribution in [1.29, 1.82) is 0 Å². The normalized spacial score (nSPS) is 15.7. The molecule has 0 bridgehead atoms. The average Bonchev–Trinajstić information content (AvgIpc) is 3.26. The molecule has 236 valence electrons. The molecule has 2 nitrogen and oxygen atoms in total. The van der Waals surface area contributed by atoms with Gasteiger partial charge in [0.15, 0.2) is 5.82 Å². The first-order chi connectivity index (χ1) is 17.7. The van der Waals surface area contributed by atoms with E-state index >= 15 is 0 Å². The highest BCUT2D eigenvalue weighted by atomic mass is 79.9. The van der Waals surface area contributed by atoms with Crippen molar-refractivity contribution in [2.24, 2.45) is 0 Å². The molecule has 0 atom stereocenters. The van der Waals surface area contributed by atoms with E-state index in [2.05, 4.69) is 68.7 Å². The van der Waals surface area contributed by atoms with E-state index in [1.807, 2.05) is 0 Å². The zero-order valence-corrected chi connectivity index (χ0v) is 24.0. The smallest absolute Gasteiger partial charge is 0.336 e. The molecule has 0 aliphatic carbocycles. The summed E-state index contributed by atoms with van der Waals surface area (Å²) in [7, 11) is 0. The second-order valence-electron chi connectivity index (χ2n) is 7.66. The molecular formula is C16HBr4F19N2. The highest BCUT2D eigenvalue weighted by Gasteiger charge is 2.96. The second kappa shape index (κ2) is 9.89. The summed E-state index contributed by atoms with van der Waals surface area (Å²) in [5.74, 6) is -70.2. The molecule has 2 aromatic rings. The van der Waals surface area contributed by atoms with Crippen molar-refractivity contribution in [3.8, 4) is 0 Å². The summed E-state index contributed by atoms with van der Waals surface area (Å²) in [5, 5.41) is 0. The van der Waals surface area contributed by atoms with E-state index in [4.69, 9.17) is 0 Å². The highest BCUT2D eigenvalue weighted by molar-refractivity contribution is 9.15. The zero-order chi connectivity index (χ0) is 33.0. The second-order valence-corrected chi connectivity index (χ2v) is 10.8. The third kappa shape index (κ3) is 4.57. The van der Waals surface area contributed by atoms with Gasteiger partial charge >= 0.3 is 53.6 Å². The minimum atomic E-state index is -8.99. The highest BCUT2D eigenvalue weighted by Crippen LogP contribution is 2.66. The lowest BCUT2D eigenvalue weighted by molar-refractivity contribution is -0.469. The number of aromatic amines is 1. The Kier molecular flexibility index (Phi) is 8.80. The SMILES string of the molecule is FC(F)(F)C(F)(F)C(F)(F)C(F)(F)C(F)(F)C(F)(F)C(F)(F)C(F)(F)C(F)(F)c1nc2c(Br)c(Br)c(Br)c(Br)c2[nH]1. The van der Waals surface area contributed by atoms with Gasteiger partial charge in [-0.15, -0.1) is 0 Å². The Morgan fingerprint density at radius 3 is 1.10 bits per heavy atom. The molecule has 1 aromatic carbocycles. The number of hydrogen-bond donors (Lipinski definition) is 1. The van der Waals surface area contributed by atoms with E-state index in [1.165, 1.54) is 4.98 Å². The van der Waals surface area contributed by atoms with Crippen LogP contribution in [-0.4, -0.2) is 57.6 Å². The van der Waals surface area contributed by atoms with Gasteiger partial charge in [0.25, 0.3) is 0 Å². The number of fused-ring (bicyclic) bond motifs is 1. The van der Waals surface area contributed by atoms with Crippen LogP contribution in [0.15, 0.2) is 17.9 Å². The number of alkyl halides is 19. The number of hydrogen-bond acceptors (Lipinski definition) is 1. The van der Waals surface area contributed by atoms with Crippen LogP contribution >= 0.6 is 63.7 Å². The lowest BCUT2D eigenvalue weighted by Crippen LogP contribution is -2.75. The molecule has 0 radical (unpaired) electrons. The molecule has 0 saturated heterocycles. The standard InChI is InChI=1S/C16HBr4F19N2/c17-1-2(18)4(20)6-5(3(1)19)40-7(41-6)8(21,22)9(23,24)10(25,26)11(27,28)12(29,30)13(31,32)14(33,34)15(35,36)16(37,38)39/h(H,40,41). The molecule has 1 N–H and O–H groups in total. The van der Waals surface area contributed by atoms with E-state index in [0.717, 1.165) is 0 Å². The minimum Gasteiger partial charge on any atom is -0.336 e. The van der Waals surface area contributed by atoms with Crippen LogP contribution in [0.1, 0.15) is 5.82 Å². The molecule has 1 heterocycles. The summed E-state index contributed by atoms with van der Waals surface area (Å²) in [6, 6.07) is 0. The number of aromatic nitrogens is 2. The number of nitrogens with zero attached hydrogens (tertiary/aromatic N) is 1. The molecule has 0 amide bonds. The molecule has 1 aromatic heterocycles. The molecule has 0 saturated carbocycles. The summed E-state index contributed by atoms with van der Waals surface area (Å²) >= 11 is 11.0. The average molecular weight is 902 g/mol. The van der Waals surface area contributed by atoms with Gasteiger partial charge in [-0.05, 0) is 63.7 Å². The Labute approximate surface area is 244 Å². The number of rotatable bonds is 8. The van der Waals surface area contributed by atoms with Crippen molar-refractivity contribution in [2.75, 3.05) is 0 Å². The Bertz CT molecular complexity index is 1300. The third-order valence-corrected chi connectivity index (χ3v) is 9.87. The molecule has 0 fully saturated rings. The molecule has 0 unspecified atom stereocenters. The van der Waals surface area contributed by atoms with Crippen molar-refractivity contribution >= 4 is 74.8 Å². The van der Waals surface area contributed by atoms with Crippen LogP contribution in [0.25, 0.3) is 11.0 Å². The first-order valence-electron chi connectivity index (χ1n) is 9.04. The summed E-state index contributed by atoms with van der Waals surface area (Å²) in [5.41, 5.74) is -1.68. The topological polar surface area (TPSA) is 28.7 Å². The Morgan fingerprint density at radius 1 is 0.415 bits per heavy atom. The zero-order valence-electron chi connectivity index (χ0n) is 17.6. The largest absolute Gasteiger partial charge is 0.460 e. The Balaban J connectivity index is 2.77. The van der Waals surface area contributed by atoms with Crippen LogP contribution in [-0.2, 0) is 5.92 Å². The van der Waals surface area contributed by atoms with Crippen molar-refractivity contribution in [2.45, 2.75) is 53.6 Å². The number of nitrogens with one attached hydrogen (secondary N) is 1. The van der Waals surface area contributed by atoms with Gasteiger partial charge in [0.05, 0.1) is 14.5 Å². The predicted molar refractivity (Wildman–Crippen MR) is 111 cm³/mol. The fraction of sp³-hybridized carbons (Fsp3) is 0.562. The fourth-order valence-corrected chi connectivity index (χ4v) is 5.04. The van der Waals surface area contributed by atoms with Crippen LogP contribution in [0.3, 0.4) is 0 Å². The van der Waals surface area contributed by atoms with Gasteiger partial charge in [-0.3, -0.25) is 0 Å². The first-order valence-corrected chi connectivity index (χ1v) is 12.2. The summed E-state index contributed by atoms with van der Waals surface area (Å²) < 4.78 is 256. The number of benzene rings is 1. The summed E-state index contributed by atoms with van der Waals surface area (Å²) in [4.78, 5) is 3.99. The molecule has 0 spiro atoms. The van der Waals surface area contributed by atoms with Crippen LogP contribution in [0.2, 0.25) is 0 Å². The lowest BCUT2D eigenvalue weighted by Gasteiger charge is -2.43. The van der Waals surface area contributed by atoms with Gasteiger partial charge in [0.1, 0.15) is 5.52 Å². The van der Waals surface area contributed by atoms with Gasteiger partial charge < -0.3 is 4.98 Å². The van der Waals surface area contributed by atoms with Crippen molar-refractivity contribution in [3.63, 3.8) is 0 Å². The van der Waals surface area contributed by atoms with E-state index < -0.39 is 79.4 Å². The summed E-state index contributed by atoms with van der Waals surface area (Å²) in [6.07, 6.45) is -7.93.